The molecule has 0 fully saturated rings. The van der Waals surface area contributed by atoms with Crippen molar-refractivity contribution in [1.29, 1.82) is 0 Å². The van der Waals surface area contributed by atoms with Crippen molar-refractivity contribution in [2.75, 3.05) is 0 Å². The van der Waals surface area contributed by atoms with Crippen molar-refractivity contribution < 1.29 is 51.6 Å². The first-order valence-corrected chi connectivity index (χ1v) is 26.3. The molecule has 0 heterocycles. The van der Waals surface area contributed by atoms with Crippen molar-refractivity contribution in [2.45, 2.75) is 0 Å². The third-order valence-electron chi connectivity index (χ3n) is 10.9. The molecule has 0 unspecified atom stereocenters. The molecule has 0 aliphatic carbocycles. The van der Waals surface area contributed by atoms with E-state index in [-0.39, 0.29) is 24.0 Å². The maximum atomic E-state index is 13.2. The van der Waals surface area contributed by atoms with Crippen LogP contribution in [-0.2, 0) is 24.0 Å². The van der Waals surface area contributed by atoms with E-state index in [4.69, 9.17) is 0 Å². The van der Waals surface area contributed by atoms with E-state index in [1.165, 1.54) is 72.8 Å². The fraction of sp³-hybridized carbons (Fsp3) is 0. The molecule has 0 aliphatic heterocycles. The average molecular weight is 950 g/mol. The Labute approximate surface area is 393 Å². The molecule has 0 saturated carbocycles. The van der Waals surface area contributed by atoms with Crippen molar-refractivity contribution in [3.63, 3.8) is 0 Å². The summed E-state index contributed by atoms with van der Waals surface area (Å²) in [4.78, 5) is 34.6. The van der Waals surface area contributed by atoms with Crippen molar-refractivity contribution in [1.82, 2.24) is 0 Å². The minimum atomic E-state index is -3.45. The summed E-state index contributed by atoms with van der Waals surface area (Å²) >= 11 is 0. The van der Waals surface area contributed by atoms with Gasteiger partial charge in [-0.15, -0.1) is 0 Å². The van der Waals surface area contributed by atoms with E-state index in [0.29, 0.717) is 15.6 Å². The number of halogens is 3. The molecule has 0 atom stereocenters. The van der Waals surface area contributed by atoms with Gasteiger partial charge in [0.05, 0.1) is 0 Å². The molecule has 9 aromatic carbocycles. The van der Waals surface area contributed by atoms with Crippen molar-refractivity contribution in [3.8, 4) is 0 Å². The molecule has 0 aliphatic rings. The van der Waals surface area contributed by atoms with Crippen LogP contribution in [0.5, 0.6) is 0 Å². The quantitative estimate of drug-likeness (QED) is 0.137. The second-order valence-electron chi connectivity index (χ2n) is 14.8. The SMILES string of the molecule is O[Si](c1ccc(F)cc1)(c1ccc(F)cc1)c1ccc(F)cc1.O[Si](c1ccccc1)(c1ccccc1)c1ccccc1.O[Si](c1ccccc1)(c1ccccc1)c1ccccc1.[O-2].[V+2]. The minimum Gasteiger partial charge on any atom is -2.00 e. The minimum absolute atomic E-state index is 0. The summed E-state index contributed by atoms with van der Waals surface area (Å²) in [6, 6.07) is 76.6. The van der Waals surface area contributed by atoms with Crippen LogP contribution in [0.3, 0.4) is 0 Å². The molecule has 0 aromatic heterocycles. The van der Waals surface area contributed by atoms with Crippen molar-refractivity contribution in [3.05, 3.63) is 272 Å². The Bertz CT molecular complexity index is 2340. The second kappa shape index (κ2) is 23.2. The van der Waals surface area contributed by atoms with Gasteiger partial charge in [0.1, 0.15) is 17.5 Å². The van der Waals surface area contributed by atoms with Crippen LogP contribution in [0.15, 0.2) is 255 Å². The molecular weight excluding hydrogens is 905 g/mol. The topological polar surface area (TPSA) is 89.2 Å². The van der Waals surface area contributed by atoms with E-state index in [1.54, 1.807) is 0 Å². The molecule has 0 spiro atoms. The molecular formula is C54H45F3O4Si3V. The molecule has 323 valence electrons. The summed E-state index contributed by atoms with van der Waals surface area (Å²) in [6.07, 6.45) is 0. The monoisotopic (exact) mass is 949 g/mol. The summed E-state index contributed by atoms with van der Waals surface area (Å²) in [7, 11) is -9.20. The van der Waals surface area contributed by atoms with Crippen molar-refractivity contribution >= 4 is 71.6 Å². The van der Waals surface area contributed by atoms with Gasteiger partial charge in [0.15, 0.2) is 0 Å². The molecule has 4 nitrogen and oxygen atoms in total. The maximum Gasteiger partial charge on any atom is 2.00 e. The number of rotatable bonds is 9. The molecule has 0 amide bonds. The first kappa shape index (κ1) is 49.9. The fourth-order valence-electron chi connectivity index (χ4n) is 7.65. The Balaban J connectivity index is 0.000000181. The van der Waals surface area contributed by atoms with Gasteiger partial charge >= 0.3 is 18.6 Å². The molecule has 3 N–H and O–H groups in total. The third kappa shape index (κ3) is 11.4. The molecule has 1 radical (unpaired) electrons. The van der Waals surface area contributed by atoms with Gasteiger partial charge in [0, 0.05) is 0 Å². The van der Waals surface area contributed by atoms with Crippen LogP contribution in [0.25, 0.3) is 0 Å². The van der Waals surface area contributed by atoms with Gasteiger partial charge in [-0.2, -0.15) is 0 Å². The normalized spacial score (nSPS) is 11.0. The van der Waals surface area contributed by atoms with Crippen LogP contribution in [0, 0.1) is 17.5 Å². The Morgan fingerprint density at radius 3 is 0.477 bits per heavy atom. The van der Waals surface area contributed by atoms with Crippen LogP contribution in [0.4, 0.5) is 13.2 Å². The number of benzene rings is 9. The summed E-state index contributed by atoms with van der Waals surface area (Å²) in [5.74, 6) is -1.24. The van der Waals surface area contributed by atoms with Crippen LogP contribution < -0.4 is 46.7 Å². The van der Waals surface area contributed by atoms with Crippen molar-refractivity contribution in [2.24, 2.45) is 0 Å². The Kier molecular flexibility index (Phi) is 17.8. The van der Waals surface area contributed by atoms with Crippen LogP contribution >= 0.6 is 0 Å². The zero-order chi connectivity index (χ0) is 44.1. The first-order chi connectivity index (χ1) is 30.6. The van der Waals surface area contributed by atoms with E-state index in [2.05, 4.69) is 0 Å². The standard InChI is InChI=1S/C18H13F3OSi.2C18H16OSi.O.V/c19-13-1-7-16(8-2-13)23(22,17-9-3-14(20)4-10-17)18-11-5-15(21)6-12-18;2*19-20(16-10-4-1-5-11-16,17-12-6-2-7-13-17)18-14-8-3-9-15-18;;/h1-12,22H;2*1-15,19H;;/q;;;-2;+2. The third-order valence-corrected chi connectivity index (χ3v) is 21.5. The zero-order valence-electron chi connectivity index (χ0n) is 35.1. The summed E-state index contributed by atoms with van der Waals surface area (Å²) < 4.78 is 39.7. The zero-order valence-corrected chi connectivity index (χ0v) is 39.5. The predicted molar refractivity (Wildman–Crippen MR) is 259 cm³/mol. The summed E-state index contributed by atoms with van der Waals surface area (Å²) in [6.45, 7) is 0. The Hall–Kier alpha value is -6.15. The van der Waals surface area contributed by atoms with E-state index in [9.17, 15) is 27.6 Å². The average Bonchev–Trinajstić information content (AvgIpc) is 3.36. The van der Waals surface area contributed by atoms with Gasteiger partial charge < -0.3 is 19.9 Å². The number of hydrogen-bond acceptors (Lipinski definition) is 3. The largest absolute Gasteiger partial charge is 2.00 e. The smallest absolute Gasteiger partial charge is 2.00 e. The second-order valence-corrected chi connectivity index (χ2v) is 24.3. The molecule has 9 rings (SSSR count). The van der Waals surface area contributed by atoms with Crippen LogP contribution in [0.2, 0.25) is 0 Å². The maximum absolute atomic E-state index is 13.2. The fourth-order valence-corrected chi connectivity index (χ4v) is 16.6. The van der Waals surface area contributed by atoms with Gasteiger partial charge in [-0.05, 0) is 83.1 Å². The van der Waals surface area contributed by atoms with Gasteiger partial charge in [0.25, 0.3) is 25.0 Å². The predicted octanol–water partition coefficient (Wildman–Crippen LogP) is 5.23. The van der Waals surface area contributed by atoms with Crippen LogP contribution in [-0.4, -0.2) is 39.3 Å². The van der Waals surface area contributed by atoms with E-state index in [0.717, 1.165) is 31.1 Å². The van der Waals surface area contributed by atoms with E-state index in [1.807, 2.05) is 182 Å². The van der Waals surface area contributed by atoms with E-state index < -0.39 is 42.4 Å². The summed E-state index contributed by atoms with van der Waals surface area (Å²) in [5, 5.41) is 7.69. The summed E-state index contributed by atoms with van der Waals surface area (Å²) in [5.41, 5.74) is 0. The number of hydrogen-bond donors (Lipinski definition) is 3. The van der Waals surface area contributed by atoms with Crippen LogP contribution in [0.1, 0.15) is 0 Å². The van der Waals surface area contributed by atoms with Gasteiger partial charge in [-0.3, -0.25) is 0 Å². The Morgan fingerprint density at radius 2 is 0.338 bits per heavy atom. The molecule has 11 heteroatoms. The molecule has 0 saturated heterocycles. The van der Waals surface area contributed by atoms with Gasteiger partial charge in [0.2, 0.25) is 0 Å². The first-order valence-electron chi connectivity index (χ1n) is 20.4. The van der Waals surface area contributed by atoms with Gasteiger partial charge in [-0.1, -0.05) is 218 Å². The van der Waals surface area contributed by atoms with Gasteiger partial charge in [-0.25, -0.2) is 13.2 Å². The Morgan fingerprint density at radius 1 is 0.215 bits per heavy atom. The molecule has 9 aromatic rings. The van der Waals surface area contributed by atoms with E-state index >= 15 is 0 Å². The molecule has 65 heavy (non-hydrogen) atoms. The molecule has 0 bridgehead atoms.